The Morgan fingerprint density at radius 1 is 1.06 bits per heavy atom. The maximum atomic E-state index is 13.2. The predicted molar refractivity (Wildman–Crippen MR) is 133 cm³/mol. The highest BCUT2D eigenvalue weighted by Crippen LogP contribution is 2.24. The summed E-state index contributed by atoms with van der Waals surface area (Å²) in [4.78, 5) is 27.8. The highest BCUT2D eigenvalue weighted by Gasteiger charge is 2.28. The molecule has 0 heterocycles. The molecule has 1 N–H and O–H groups in total. The number of carbonyl (C=O) groups is 2. The van der Waals surface area contributed by atoms with Crippen molar-refractivity contribution in [1.29, 1.82) is 0 Å². The van der Waals surface area contributed by atoms with E-state index in [9.17, 15) is 9.59 Å². The minimum absolute atomic E-state index is 0.0935. The zero-order chi connectivity index (χ0) is 23.6. The molecule has 5 nitrogen and oxygen atoms in total. The Kier molecular flexibility index (Phi) is 9.89. The van der Waals surface area contributed by atoms with E-state index in [0.717, 1.165) is 37.0 Å². The van der Waals surface area contributed by atoms with E-state index in [2.05, 4.69) is 5.32 Å². The van der Waals surface area contributed by atoms with Crippen LogP contribution in [-0.2, 0) is 16.1 Å². The lowest BCUT2D eigenvalue weighted by molar-refractivity contribution is -0.141. The number of carbonyl (C=O) groups excluding carboxylic acids is 2. The van der Waals surface area contributed by atoms with Crippen molar-refractivity contribution in [2.75, 3.05) is 6.61 Å². The Morgan fingerprint density at radius 2 is 1.79 bits per heavy atom. The van der Waals surface area contributed by atoms with Crippen molar-refractivity contribution in [1.82, 2.24) is 10.2 Å². The normalized spacial score (nSPS) is 15.0. The Balaban J connectivity index is 1.63. The molecule has 1 saturated carbocycles. The van der Waals surface area contributed by atoms with Gasteiger partial charge in [0.2, 0.25) is 11.8 Å². The largest absolute Gasteiger partial charge is 0.494 e. The molecule has 3 rings (SSSR count). The number of nitrogens with one attached hydrogen (secondary N) is 1. The minimum atomic E-state index is -0.594. The number of para-hydroxylation sites is 1. The van der Waals surface area contributed by atoms with Crippen LogP contribution in [0.5, 0.6) is 5.75 Å². The lowest BCUT2D eigenvalue weighted by Gasteiger charge is -2.31. The molecule has 0 aromatic heterocycles. The van der Waals surface area contributed by atoms with Crippen molar-refractivity contribution in [3.8, 4) is 5.75 Å². The number of amides is 2. The van der Waals surface area contributed by atoms with Crippen LogP contribution in [0.1, 0.15) is 57.4 Å². The second-order valence-corrected chi connectivity index (χ2v) is 9.37. The van der Waals surface area contributed by atoms with Crippen molar-refractivity contribution in [3.05, 3.63) is 64.1 Å². The fourth-order valence-corrected chi connectivity index (χ4v) is 4.38. The van der Waals surface area contributed by atoms with Crippen LogP contribution < -0.4 is 10.1 Å². The van der Waals surface area contributed by atoms with Gasteiger partial charge >= 0.3 is 0 Å². The third kappa shape index (κ3) is 7.94. The first-order chi connectivity index (χ1) is 15.9. The van der Waals surface area contributed by atoms with Gasteiger partial charge in [-0.05, 0) is 56.0 Å². The third-order valence-electron chi connectivity index (χ3n) is 6.00. The molecule has 0 saturated heterocycles. The molecule has 0 radical (unpaired) electrons. The van der Waals surface area contributed by atoms with Crippen molar-refractivity contribution in [2.24, 2.45) is 0 Å². The number of hydrogen-bond acceptors (Lipinski definition) is 3. The fraction of sp³-hybridized carbons (Fsp3) is 0.462. The van der Waals surface area contributed by atoms with Gasteiger partial charge in [-0.3, -0.25) is 9.59 Å². The number of hydrogen-bond donors (Lipinski definition) is 1. The summed E-state index contributed by atoms with van der Waals surface area (Å²) in [7, 11) is 0. The number of halogens is 2. The molecule has 2 aromatic rings. The van der Waals surface area contributed by atoms with Gasteiger partial charge in [-0.25, -0.2) is 0 Å². The van der Waals surface area contributed by atoms with Crippen LogP contribution in [0.2, 0.25) is 10.0 Å². The number of nitrogens with zero attached hydrogens (tertiary/aromatic N) is 1. The molecule has 7 heteroatoms. The maximum absolute atomic E-state index is 13.2. The highest BCUT2D eigenvalue weighted by molar-refractivity contribution is 6.42. The van der Waals surface area contributed by atoms with E-state index in [0.29, 0.717) is 23.1 Å². The lowest BCUT2D eigenvalue weighted by atomic mass is 9.95. The molecular weight excluding hydrogens is 459 g/mol. The van der Waals surface area contributed by atoms with Gasteiger partial charge in [0.15, 0.2) is 0 Å². The van der Waals surface area contributed by atoms with E-state index in [1.165, 1.54) is 6.42 Å². The smallest absolute Gasteiger partial charge is 0.242 e. The van der Waals surface area contributed by atoms with Gasteiger partial charge in [0, 0.05) is 19.0 Å². The van der Waals surface area contributed by atoms with Crippen LogP contribution in [0, 0.1) is 0 Å². The van der Waals surface area contributed by atoms with Crippen molar-refractivity contribution in [3.63, 3.8) is 0 Å². The van der Waals surface area contributed by atoms with Crippen LogP contribution in [0.15, 0.2) is 48.5 Å². The van der Waals surface area contributed by atoms with E-state index in [1.54, 1.807) is 24.0 Å². The second-order valence-electron chi connectivity index (χ2n) is 8.55. The number of rotatable bonds is 10. The topological polar surface area (TPSA) is 58.6 Å². The second kappa shape index (κ2) is 12.9. The standard InChI is InChI=1S/C26H32Cl2N2O3/c1-19(26(32)29-21-9-4-2-5-10-21)30(18-20-14-15-23(27)24(28)17-20)25(31)13-8-16-33-22-11-6-3-7-12-22/h3,6-7,11-12,14-15,17,19,21H,2,4-5,8-10,13,16,18H2,1H3,(H,29,32). The Labute approximate surface area is 206 Å². The van der Waals surface area contributed by atoms with Crippen molar-refractivity contribution >= 4 is 35.0 Å². The highest BCUT2D eigenvalue weighted by atomic mass is 35.5. The summed E-state index contributed by atoms with van der Waals surface area (Å²) in [6.45, 7) is 2.50. The minimum Gasteiger partial charge on any atom is -0.494 e. The molecular formula is C26H32Cl2N2O3. The van der Waals surface area contributed by atoms with Crippen LogP contribution in [0.3, 0.4) is 0 Å². The Hall–Kier alpha value is -2.24. The molecule has 1 unspecified atom stereocenters. The van der Waals surface area contributed by atoms with Crippen molar-refractivity contribution in [2.45, 2.75) is 70.5 Å². The van der Waals surface area contributed by atoms with Gasteiger partial charge in [-0.1, -0.05) is 66.7 Å². The van der Waals surface area contributed by atoms with Gasteiger partial charge in [0.1, 0.15) is 11.8 Å². The van der Waals surface area contributed by atoms with E-state index in [-0.39, 0.29) is 30.8 Å². The molecule has 1 atom stereocenters. The summed E-state index contributed by atoms with van der Waals surface area (Å²) in [5.74, 6) is 0.567. The molecule has 1 aliphatic carbocycles. The Bertz CT molecular complexity index is 917. The molecule has 33 heavy (non-hydrogen) atoms. The molecule has 178 valence electrons. The summed E-state index contributed by atoms with van der Waals surface area (Å²) < 4.78 is 5.71. The lowest BCUT2D eigenvalue weighted by Crippen LogP contribution is -2.50. The predicted octanol–water partition coefficient (Wildman–Crippen LogP) is 6.02. The third-order valence-corrected chi connectivity index (χ3v) is 6.74. The SMILES string of the molecule is CC(C(=O)NC1CCCCC1)N(Cc1ccc(Cl)c(Cl)c1)C(=O)CCCOc1ccccc1. The molecule has 0 spiro atoms. The first kappa shape index (κ1) is 25.4. The number of ether oxygens (including phenoxy) is 1. The Morgan fingerprint density at radius 3 is 2.48 bits per heavy atom. The van der Waals surface area contributed by atoms with Gasteiger partial charge < -0.3 is 15.0 Å². The van der Waals surface area contributed by atoms with Gasteiger partial charge in [-0.15, -0.1) is 0 Å². The molecule has 0 aliphatic heterocycles. The molecule has 2 aromatic carbocycles. The van der Waals surface area contributed by atoms with Crippen LogP contribution in [0.25, 0.3) is 0 Å². The summed E-state index contributed by atoms with van der Waals surface area (Å²) in [5.41, 5.74) is 0.829. The van der Waals surface area contributed by atoms with Crippen LogP contribution in [0.4, 0.5) is 0 Å². The van der Waals surface area contributed by atoms with Gasteiger partial charge in [0.05, 0.1) is 16.7 Å². The first-order valence-electron chi connectivity index (χ1n) is 11.7. The van der Waals surface area contributed by atoms with E-state index in [1.807, 2.05) is 36.4 Å². The average molecular weight is 491 g/mol. The zero-order valence-electron chi connectivity index (χ0n) is 19.1. The summed E-state index contributed by atoms with van der Waals surface area (Å²) in [5, 5.41) is 4.03. The van der Waals surface area contributed by atoms with Crippen molar-refractivity contribution < 1.29 is 14.3 Å². The monoisotopic (exact) mass is 490 g/mol. The van der Waals surface area contributed by atoms with Crippen LogP contribution >= 0.6 is 23.2 Å². The van der Waals surface area contributed by atoms with E-state index < -0.39 is 6.04 Å². The zero-order valence-corrected chi connectivity index (χ0v) is 20.6. The molecule has 0 bridgehead atoms. The summed E-state index contributed by atoms with van der Waals surface area (Å²) >= 11 is 12.2. The molecule has 2 amide bonds. The average Bonchev–Trinajstić information content (AvgIpc) is 2.83. The molecule has 1 aliphatic rings. The summed E-state index contributed by atoms with van der Waals surface area (Å²) in [6.07, 6.45) is 6.32. The van der Waals surface area contributed by atoms with Gasteiger partial charge in [0.25, 0.3) is 0 Å². The fourth-order valence-electron chi connectivity index (χ4n) is 4.06. The van der Waals surface area contributed by atoms with Gasteiger partial charge in [-0.2, -0.15) is 0 Å². The molecule has 1 fully saturated rings. The summed E-state index contributed by atoms with van der Waals surface area (Å²) in [6, 6.07) is 14.4. The maximum Gasteiger partial charge on any atom is 0.242 e. The number of benzene rings is 2. The first-order valence-corrected chi connectivity index (χ1v) is 12.4. The van der Waals surface area contributed by atoms with E-state index >= 15 is 0 Å². The van der Waals surface area contributed by atoms with Crippen LogP contribution in [-0.4, -0.2) is 35.4 Å². The quantitative estimate of drug-likeness (QED) is 0.414. The van der Waals surface area contributed by atoms with E-state index in [4.69, 9.17) is 27.9 Å².